The molecule has 0 saturated carbocycles. The number of hydrogen-bond donors (Lipinski definition) is 1. The second kappa shape index (κ2) is 5.33. The maximum atomic E-state index is 5.98. The van der Waals surface area contributed by atoms with Gasteiger partial charge in [0.1, 0.15) is 5.75 Å². The van der Waals surface area contributed by atoms with E-state index in [4.69, 9.17) is 14.2 Å². The van der Waals surface area contributed by atoms with E-state index in [1.165, 1.54) is 0 Å². The van der Waals surface area contributed by atoms with Gasteiger partial charge in [-0.25, -0.2) is 0 Å². The van der Waals surface area contributed by atoms with Crippen molar-refractivity contribution >= 4 is 11.4 Å². The molecule has 4 nitrogen and oxygen atoms in total. The zero-order valence-electron chi connectivity index (χ0n) is 11.6. The number of anilines is 2. The number of fused-ring (bicyclic) bond motifs is 2. The fourth-order valence-corrected chi connectivity index (χ4v) is 2.19. The van der Waals surface area contributed by atoms with Crippen molar-refractivity contribution in [3.05, 3.63) is 36.4 Å². The lowest BCUT2D eigenvalue weighted by molar-refractivity contribution is 0.319. The summed E-state index contributed by atoms with van der Waals surface area (Å²) in [6, 6.07) is 11.6. The van der Waals surface area contributed by atoms with Crippen LogP contribution in [0.1, 0.15) is 13.8 Å². The second-order valence-corrected chi connectivity index (χ2v) is 4.38. The standard InChI is InChI=1S/C16H17NO3/c1-3-18-11-8-9-12-15(10-11)20-16-13(17-12)6-5-7-14(16)19-4-2/h5-10,17H,3-4H2,1-2H3. The van der Waals surface area contributed by atoms with Crippen molar-refractivity contribution in [3.8, 4) is 23.0 Å². The Morgan fingerprint density at radius 3 is 2.65 bits per heavy atom. The smallest absolute Gasteiger partial charge is 0.192 e. The van der Waals surface area contributed by atoms with E-state index >= 15 is 0 Å². The van der Waals surface area contributed by atoms with Gasteiger partial charge in [-0.1, -0.05) is 6.07 Å². The van der Waals surface area contributed by atoms with Gasteiger partial charge in [-0.2, -0.15) is 0 Å². The summed E-state index contributed by atoms with van der Waals surface area (Å²) in [5.41, 5.74) is 1.84. The van der Waals surface area contributed by atoms with Gasteiger partial charge in [0, 0.05) is 6.07 Å². The molecule has 0 spiro atoms. The van der Waals surface area contributed by atoms with Crippen molar-refractivity contribution < 1.29 is 14.2 Å². The normalized spacial score (nSPS) is 11.7. The van der Waals surface area contributed by atoms with E-state index in [-0.39, 0.29) is 0 Å². The number of para-hydroxylation sites is 1. The van der Waals surface area contributed by atoms with Crippen LogP contribution in [-0.2, 0) is 0 Å². The van der Waals surface area contributed by atoms with Gasteiger partial charge in [0.05, 0.1) is 24.6 Å². The lowest BCUT2D eigenvalue weighted by atomic mass is 10.2. The molecule has 0 aromatic heterocycles. The van der Waals surface area contributed by atoms with Crippen molar-refractivity contribution in [3.63, 3.8) is 0 Å². The highest BCUT2D eigenvalue weighted by molar-refractivity contribution is 5.78. The first kappa shape index (κ1) is 12.7. The fourth-order valence-electron chi connectivity index (χ4n) is 2.19. The molecule has 0 aliphatic carbocycles. The molecule has 4 heteroatoms. The van der Waals surface area contributed by atoms with Gasteiger partial charge in [-0.3, -0.25) is 0 Å². The third kappa shape index (κ3) is 2.25. The summed E-state index contributed by atoms with van der Waals surface area (Å²) < 4.78 is 17.1. The molecule has 104 valence electrons. The molecule has 0 saturated heterocycles. The molecule has 1 N–H and O–H groups in total. The van der Waals surface area contributed by atoms with E-state index in [1.807, 2.05) is 50.2 Å². The summed E-state index contributed by atoms with van der Waals surface area (Å²) in [7, 11) is 0. The van der Waals surface area contributed by atoms with Crippen LogP contribution in [0.4, 0.5) is 11.4 Å². The van der Waals surface area contributed by atoms with E-state index in [1.54, 1.807) is 0 Å². The number of rotatable bonds is 4. The van der Waals surface area contributed by atoms with Gasteiger partial charge in [-0.05, 0) is 38.1 Å². The van der Waals surface area contributed by atoms with Crippen LogP contribution in [0.5, 0.6) is 23.0 Å². The topological polar surface area (TPSA) is 39.7 Å². The summed E-state index contributed by atoms with van der Waals surface area (Å²) in [6.07, 6.45) is 0. The third-order valence-corrected chi connectivity index (χ3v) is 3.02. The molecule has 0 bridgehead atoms. The van der Waals surface area contributed by atoms with E-state index in [2.05, 4.69) is 5.32 Å². The van der Waals surface area contributed by atoms with Crippen molar-refractivity contribution in [1.82, 2.24) is 0 Å². The minimum absolute atomic E-state index is 0.603. The summed E-state index contributed by atoms with van der Waals surface area (Å²) in [6.45, 7) is 5.15. The molecule has 2 aromatic carbocycles. The predicted octanol–water partition coefficient (Wildman–Crippen LogP) is 4.33. The zero-order valence-corrected chi connectivity index (χ0v) is 11.6. The van der Waals surface area contributed by atoms with Gasteiger partial charge >= 0.3 is 0 Å². The van der Waals surface area contributed by atoms with Crippen LogP contribution in [-0.4, -0.2) is 13.2 Å². The maximum Gasteiger partial charge on any atom is 0.192 e. The van der Waals surface area contributed by atoms with E-state index in [0.29, 0.717) is 13.2 Å². The van der Waals surface area contributed by atoms with Crippen molar-refractivity contribution in [2.24, 2.45) is 0 Å². The molecule has 20 heavy (non-hydrogen) atoms. The van der Waals surface area contributed by atoms with Gasteiger partial charge in [-0.15, -0.1) is 0 Å². The predicted molar refractivity (Wildman–Crippen MR) is 78.6 cm³/mol. The fraction of sp³-hybridized carbons (Fsp3) is 0.250. The average Bonchev–Trinajstić information content (AvgIpc) is 2.46. The Morgan fingerprint density at radius 2 is 1.85 bits per heavy atom. The summed E-state index contributed by atoms with van der Waals surface area (Å²) >= 11 is 0. The quantitative estimate of drug-likeness (QED) is 0.766. The van der Waals surface area contributed by atoms with Crippen molar-refractivity contribution in [2.75, 3.05) is 18.5 Å². The van der Waals surface area contributed by atoms with Gasteiger partial charge in [0.15, 0.2) is 17.2 Å². The van der Waals surface area contributed by atoms with E-state index in [0.717, 1.165) is 34.4 Å². The summed E-state index contributed by atoms with van der Waals surface area (Å²) in [5.74, 6) is 3.00. The highest BCUT2D eigenvalue weighted by Gasteiger charge is 2.20. The number of ether oxygens (including phenoxy) is 3. The van der Waals surface area contributed by atoms with Crippen LogP contribution in [0.3, 0.4) is 0 Å². The third-order valence-electron chi connectivity index (χ3n) is 3.02. The molecular weight excluding hydrogens is 254 g/mol. The highest BCUT2D eigenvalue weighted by atomic mass is 16.5. The van der Waals surface area contributed by atoms with Crippen molar-refractivity contribution in [1.29, 1.82) is 0 Å². The van der Waals surface area contributed by atoms with Crippen LogP contribution >= 0.6 is 0 Å². The molecule has 1 aliphatic rings. The van der Waals surface area contributed by atoms with Crippen LogP contribution in [0, 0.1) is 0 Å². The van der Waals surface area contributed by atoms with Crippen LogP contribution in [0.2, 0.25) is 0 Å². The molecule has 0 amide bonds. The largest absolute Gasteiger partial charge is 0.494 e. The van der Waals surface area contributed by atoms with Gasteiger partial charge in [0.2, 0.25) is 0 Å². The SMILES string of the molecule is CCOc1ccc2c(c1)Oc1c(cccc1OCC)N2. The molecule has 0 fully saturated rings. The Labute approximate surface area is 118 Å². The Hall–Kier alpha value is -2.36. The number of hydrogen-bond acceptors (Lipinski definition) is 4. The first-order valence-corrected chi connectivity index (χ1v) is 6.79. The molecule has 0 unspecified atom stereocenters. The minimum Gasteiger partial charge on any atom is -0.494 e. The van der Waals surface area contributed by atoms with Gasteiger partial charge < -0.3 is 19.5 Å². The Morgan fingerprint density at radius 1 is 1.00 bits per heavy atom. The Balaban J connectivity index is 1.97. The summed E-state index contributed by atoms with van der Waals surface area (Å²) in [4.78, 5) is 0. The average molecular weight is 271 g/mol. The molecule has 3 rings (SSSR count). The first-order chi connectivity index (χ1) is 9.81. The van der Waals surface area contributed by atoms with Crippen molar-refractivity contribution in [2.45, 2.75) is 13.8 Å². The van der Waals surface area contributed by atoms with Crippen LogP contribution < -0.4 is 19.5 Å². The second-order valence-electron chi connectivity index (χ2n) is 4.38. The number of benzene rings is 2. The van der Waals surface area contributed by atoms with Crippen LogP contribution in [0.25, 0.3) is 0 Å². The molecule has 0 atom stereocenters. The molecular formula is C16H17NO3. The summed E-state index contributed by atoms with van der Waals surface area (Å²) in [5, 5.41) is 3.35. The lowest BCUT2D eigenvalue weighted by Gasteiger charge is -2.24. The highest BCUT2D eigenvalue weighted by Crippen LogP contribution is 2.47. The first-order valence-electron chi connectivity index (χ1n) is 6.79. The lowest BCUT2D eigenvalue weighted by Crippen LogP contribution is -2.05. The van der Waals surface area contributed by atoms with Gasteiger partial charge in [0.25, 0.3) is 0 Å². The molecule has 1 aliphatic heterocycles. The van der Waals surface area contributed by atoms with E-state index in [9.17, 15) is 0 Å². The maximum absolute atomic E-state index is 5.98. The monoisotopic (exact) mass is 271 g/mol. The van der Waals surface area contributed by atoms with Crippen LogP contribution in [0.15, 0.2) is 36.4 Å². The molecule has 1 heterocycles. The number of nitrogens with one attached hydrogen (secondary N) is 1. The Bertz CT molecular complexity index is 625. The zero-order chi connectivity index (χ0) is 13.9. The van der Waals surface area contributed by atoms with E-state index < -0.39 is 0 Å². The molecule has 2 aromatic rings. The minimum atomic E-state index is 0.603. The Kier molecular flexibility index (Phi) is 3.37. The molecule has 0 radical (unpaired) electrons.